The van der Waals surface area contributed by atoms with Crippen molar-refractivity contribution in [3.8, 4) is 5.82 Å². The van der Waals surface area contributed by atoms with E-state index in [2.05, 4.69) is 10.1 Å². The van der Waals surface area contributed by atoms with Crippen LogP contribution in [0.3, 0.4) is 0 Å². The molecule has 19 heavy (non-hydrogen) atoms. The zero-order valence-electron chi connectivity index (χ0n) is 10.2. The highest BCUT2D eigenvalue weighted by Crippen LogP contribution is 2.22. The first-order valence-electron chi connectivity index (χ1n) is 5.42. The number of alkyl halides is 2. The summed E-state index contributed by atoms with van der Waals surface area (Å²) in [4.78, 5) is 15.5. The van der Waals surface area contributed by atoms with Gasteiger partial charge >= 0.3 is 0 Å². The van der Waals surface area contributed by atoms with E-state index in [9.17, 15) is 13.6 Å². The molecule has 0 radical (unpaired) electrons. The number of carbonyl (C=O) groups is 1. The van der Waals surface area contributed by atoms with E-state index in [1.807, 2.05) is 0 Å². The first-order valence-corrected chi connectivity index (χ1v) is 5.80. The minimum absolute atomic E-state index is 0.157. The summed E-state index contributed by atoms with van der Waals surface area (Å²) in [6.07, 6.45) is -2.68. The maximum absolute atomic E-state index is 12.6. The first-order chi connectivity index (χ1) is 8.90. The second kappa shape index (κ2) is 5.05. The van der Waals surface area contributed by atoms with Gasteiger partial charge in [-0.2, -0.15) is 5.10 Å². The van der Waals surface area contributed by atoms with E-state index in [0.717, 1.165) is 0 Å². The van der Waals surface area contributed by atoms with Gasteiger partial charge in [-0.1, -0.05) is 11.6 Å². The van der Waals surface area contributed by atoms with Crippen LogP contribution in [0.4, 0.5) is 8.78 Å². The van der Waals surface area contributed by atoms with Crippen LogP contribution in [-0.2, 0) is 0 Å². The Morgan fingerprint density at radius 2 is 2.11 bits per heavy atom. The summed E-state index contributed by atoms with van der Waals surface area (Å²) in [7, 11) is 0. The van der Waals surface area contributed by atoms with Gasteiger partial charge in [0.05, 0.1) is 5.56 Å². The summed E-state index contributed by atoms with van der Waals surface area (Å²) in [6.45, 7) is 2.96. The van der Waals surface area contributed by atoms with Gasteiger partial charge < -0.3 is 0 Å². The number of hydrogen-bond donors (Lipinski definition) is 0. The molecule has 0 aliphatic heterocycles. The van der Waals surface area contributed by atoms with Gasteiger partial charge in [0, 0.05) is 5.69 Å². The number of nitrogens with zero attached hydrogens (tertiary/aromatic N) is 3. The van der Waals surface area contributed by atoms with Crippen molar-refractivity contribution in [1.29, 1.82) is 0 Å². The molecule has 100 valence electrons. The molecular formula is C12H10ClF2N3O. The minimum atomic E-state index is -2.68. The molecule has 2 heterocycles. The number of rotatable bonds is 3. The molecule has 0 atom stereocenters. The average Bonchev–Trinajstić information content (AvgIpc) is 2.71. The molecule has 0 saturated heterocycles. The van der Waals surface area contributed by atoms with E-state index >= 15 is 0 Å². The lowest BCUT2D eigenvalue weighted by atomic mass is 10.2. The molecule has 0 aliphatic rings. The zero-order valence-corrected chi connectivity index (χ0v) is 10.9. The van der Waals surface area contributed by atoms with E-state index in [1.165, 1.54) is 29.8 Å². The van der Waals surface area contributed by atoms with Gasteiger partial charge in [-0.25, -0.2) is 18.4 Å². The topological polar surface area (TPSA) is 47.8 Å². The molecule has 7 heteroatoms. The van der Waals surface area contributed by atoms with Crippen molar-refractivity contribution in [2.45, 2.75) is 20.3 Å². The Morgan fingerprint density at radius 3 is 2.63 bits per heavy atom. The summed E-state index contributed by atoms with van der Waals surface area (Å²) in [5.74, 6) is -0.0861. The number of carbonyl (C=O) groups excluding carboxylic acids is 1. The molecule has 0 N–H and O–H groups in total. The van der Waals surface area contributed by atoms with Crippen LogP contribution in [0.1, 0.15) is 35.1 Å². The second-order valence-corrected chi connectivity index (χ2v) is 4.37. The van der Waals surface area contributed by atoms with Crippen molar-refractivity contribution in [3.63, 3.8) is 0 Å². The fraction of sp³-hybridized carbons (Fsp3) is 0.250. The lowest BCUT2D eigenvalue weighted by molar-refractivity contribution is 0.101. The van der Waals surface area contributed by atoms with Crippen molar-refractivity contribution < 1.29 is 13.6 Å². The van der Waals surface area contributed by atoms with Crippen LogP contribution in [0.2, 0.25) is 5.15 Å². The number of pyridine rings is 1. The van der Waals surface area contributed by atoms with Crippen molar-refractivity contribution in [2.75, 3.05) is 0 Å². The van der Waals surface area contributed by atoms with Crippen LogP contribution in [-0.4, -0.2) is 20.5 Å². The number of ketones is 1. The van der Waals surface area contributed by atoms with E-state index < -0.39 is 6.43 Å². The smallest absolute Gasteiger partial charge is 0.282 e. The average molecular weight is 286 g/mol. The number of aryl methyl sites for hydroxylation is 1. The molecule has 0 amide bonds. The molecule has 2 aromatic rings. The van der Waals surface area contributed by atoms with Crippen LogP contribution >= 0.6 is 11.6 Å². The van der Waals surface area contributed by atoms with E-state index in [4.69, 9.17) is 11.6 Å². The van der Waals surface area contributed by atoms with E-state index in [1.54, 1.807) is 6.92 Å². The van der Waals surface area contributed by atoms with Gasteiger partial charge in [0.15, 0.2) is 11.6 Å². The lowest BCUT2D eigenvalue weighted by Crippen LogP contribution is -2.09. The first kappa shape index (κ1) is 13.6. The maximum Gasteiger partial charge on any atom is 0.282 e. The second-order valence-electron chi connectivity index (χ2n) is 3.98. The molecule has 2 aromatic heterocycles. The van der Waals surface area contributed by atoms with Gasteiger partial charge in [-0.15, -0.1) is 0 Å². The van der Waals surface area contributed by atoms with E-state index in [0.29, 0.717) is 5.69 Å². The number of hydrogen-bond acceptors (Lipinski definition) is 3. The highest BCUT2D eigenvalue weighted by molar-refractivity contribution is 6.29. The van der Waals surface area contributed by atoms with Crippen LogP contribution < -0.4 is 0 Å². The number of Topliss-reactive ketones (excluding diaryl/α,β-unsaturated/α-hetero) is 1. The highest BCUT2D eigenvalue weighted by Gasteiger charge is 2.18. The van der Waals surface area contributed by atoms with Gasteiger partial charge in [0.2, 0.25) is 0 Å². The van der Waals surface area contributed by atoms with Crippen molar-refractivity contribution in [3.05, 3.63) is 40.3 Å². The van der Waals surface area contributed by atoms with Crippen LogP contribution in [0.5, 0.6) is 0 Å². The normalized spacial score (nSPS) is 11.1. The van der Waals surface area contributed by atoms with Crippen LogP contribution in [0.15, 0.2) is 18.2 Å². The number of aromatic nitrogens is 3. The quantitative estimate of drug-likeness (QED) is 0.642. The molecule has 2 rings (SSSR count). The Labute approximate surface area is 113 Å². The SMILES string of the molecule is CC(=O)c1ccc(Cl)nc1-n1nc(C(F)F)cc1C. The molecular weight excluding hydrogens is 276 g/mol. The molecule has 0 unspecified atom stereocenters. The third-order valence-electron chi connectivity index (χ3n) is 2.55. The van der Waals surface area contributed by atoms with E-state index in [-0.39, 0.29) is 28.0 Å². The Hall–Kier alpha value is -1.82. The summed E-state index contributed by atoms with van der Waals surface area (Å²) < 4.78 is 26.4. The zero-order chi connectivity index (χ0) is 14.2. The lowest BCUT2D eigenvalue weighted by Gasteiger charge is -2.08. The predicted molar refractivity (Wildman–Crippen MR) is 66.1 cm³/mol. The molecule has 0 aliphatic carbocycles. The molecule has 0 spiro atoms. The Balaban J connectivity index is 2.64. The molecule has 0 saturated carbocycles. The summed E-state index contributed by atoms with van der Waals surface area (Å²) in [5.41, 5.74) is 0.359. The molecule has 0 fully saturated rings. The fourth-order valence-corrected chi connectivity index (χ4v) is 1.82. The van der Waals surface area contributed by atoms with Gasteiger partial charge in [0.25, 0.3) is 6.43 Å². The number of halogens is 3. The van der Waals surface area contributed by atoms with Gasteiger partial charge in [0.1, 0.15) is 10.8 Å². The van der Waals surface area contributed by atoms with Gasteiger partial charge in [-0.05, 0) is 32.0 Å². The van der Waals surface area contributed by atoms with Crippen molar-refractivity contribution in [1.82, 2.24) is 14.8 Å². The minimum Gasteiger partial charge on any atom is -0.294 e. The van der Waals surface area contributed by atoms with Crippen LogP contribution in [0.25, 0.3) is 5.82 Å². The van der Waals surface area contributed by atoms with Gasteiger partial charge in [-0.3, -0.25) is 4.79 Å². The molecule has 4 nitrogen and oxygen atoms in total. The highest BCUT2D eigenvalue weighted by atomic mass is 35.5. The predicted octanol–water partition coefficient (Wildman–Crippen LogP) is 3.37. The van der Waals surface area contributed by atoms with Crippen LogP contribution in [0, 0.1) is 6.92 Å². The van der Waals surface area contributed by atoms with Crippen molar-refractivity contribution >= 4 is 17.4 Å². The Morgan fingerprint density at radius 1 is 1.42 bits per heavy atom. The standard InChI is InChI=1S/C12H10ClF2N3O/c1-6-5-9(11(14)15)17-18(6)12-8(7(2)19)3-4-10(13)16-12/h3-5,11H,1-2H3. The summed E-state index contributed by atoms with van der Waals surface area (Å²) in [5, 5.41) is 3.92. The molecule has 0 bridgehead atoms. The fourth-order valence-electron chi connectivity index (χ4n) is 1.68. The summed E-state index contributed by atoms with van der Waals surface area (Å²) >= 11 is 5.78. The largest absolute Gasteiger partial charge is 0.294 e. The third kappa shape index (κ3) is 2.63. The Bertz CT molecular complexity index is 640. The Kier molecular flexibility index (Phi) is 3.61. The maximum atomic E-state index is 12.6. The summed E-state index contributed by atoms with van der Waals surface area (Å²) in [6, 6.07) is 4.21. The molecule has 0 aromatic carbocycles. The van der Waals surface area contributed by atoms with Crippen molar-refractivity contribution in [2.24, 2.45) is 0 Å². The third-order valence-corrected chi connectivity index (χ3v) is 2.76. The monoisotopic (exact) mass is 285 g/mol.